The second kappa shape index (κ2) is 11.2. The van der Waals surface area contributed by atoms with Gasteiger partial charge in [-0.15, -0.1) is 0 Å². The Labute approximate surface area is 212 Å². The summed E-state index contributed by atoms with van der Waals surface area (Å²) in [7, 11) is 0.183. The summed E-state index contributed by atoms with van der Waals surface area (Å²) in [4.78, 5) is 19.8. The van der Waals surface area contributed by atoms with Crippen LogP contribution in [0.15, 0.2) is 72.3 Å². The van der Waals surface area contributed by atoms with Gasteiger partial charge in [-0.05, 0) is 52.9 Å². The average Bonchev–Trinajstić information content (AvgIpc) is 3.30. The highest BCUT2D eigenvalue weighted by Crippen LogP contribution is 2.30. The van der Waals surface area contributed by atoms with E-state index >= 15 is 4.39 Å². The lowest BCUT2D eigenvalue weighted by molar-refractivity contribution is -0.144. The lowest BCUT2D eigenvalue weighted by Gasteiger charge is -2.31. The third-order valence-electron chi connectivity index (χ3n) is 6.18. The van der Waals surface area contributed by atoms with E-state index in [1.54, 1.807) is 40.8 Å². The molecular formula is C28H28F2N2O3S. The predicted molar refractivity (Wildman–Crippen MR) is 136 cm³/mol. The number of carbonyl (C=O) groups excluding carboxylic acids is 1. The molecule has 3 unspecified atom stereocenters. The number of amides is 1. The maximum Gasteiger partial charge on any atom is 0.257 e. The largest absolute Gasteiger partial charge is 0.367 e. The minimum atomic E-state index is -1.19. The smallest absolute Gasteiger partial charge is 0.257 e. The van der Waals surface area contributed by atoms with Crippen LogP contribution in [0.2, 0.25) is 0 Å². The molecule has 8 heteroatoms. The maximum absolute atomic E-state index is 15.3. The molecule has 36 heavy (non-hydrogen) atoms. The zero-order valence-electron chi connectivity index (χ0n) is 20.4. The summed E-state index contributed by atoms with van der Waals surface area (Å²) in [5.74, 6) is -0.919. The van der Waals surface area contributed by atoms with E-state index in [-0.39, 0.29) is 29.6 Å². The van der Waals surface area contributed by atoms with Crippen molar-refractivity contribution in [2.45, 2.75) is 38.5 Å². The molecule has 1 aromatic heterocycles. The minimum Gasteiger partial charge on any atom is -0.367 e. The van der Waals surface area contributed by atoms with E-state index in [0.717, 1.165) is 11.3 Å². The minimum absolute atomic E-state index is 0.0964. The monoisotopic (exact) mass is 510 g/mol. The van der Waals surface area contributed by atoms with Gasteiger partial charge in [-0.2, -0.15) is 0 Å². The molecule has 0 N–H and O–H groups in total. The molecule has 0 bridgehead atoms. The number of pyridine rings is 1. The van der Waals surface area contributed by atoms with Crippen molar-refractivity contribution in [2.24, 2.45) is 0 Å². The van der Waals surface area contributed by atoms with Crippen LogP contribution < -0.4 is 0 Å². The molecule has 5 nitrogen and oxygen atoms in total. The van der Waals surface area contributed by atoms with E-state index < -0.39 is 34.7 Å². The number of carbonyl (C=O) groups is 1. The van der Waals surface area contributed by atoms with Gasteiger partial charge in [0.1, 0.15) is 11.6 Å². The van der Waals surface area contributed by atoms with Crippen molar-refractivity contribution < 1.29 is 22.5 Å². The van der Waals surface area contributed by atoms with Gasteiger partial charge in [0.25, 0.3) is 5.91 Å². The number of hydrogen-bond acceptors (Lipinski definition) is 4. The van der Waals surface area contributed by atoms with E-state index in [1.165, 1.54) is 31.4 Å². The summed E-state index contributed by atoms with van der Waals surface area (Å²) in [5.41, 5.74) is 3.08. The third-order valence-corrected chi connectivity index (χ3v) is 7.31. The van der Waals surface area contributed by atoms with Crippen LogP contribution in [-0.4, -0.2) is 38.9 Å². The van der Waals surface area contributed by atoms with Crippen molar-refractivity contribution in [3.8, 4) is 11.1 Å². The van der Waals surface area contributed by atoms with E-state index in [4.69, 9.17) is 4.74 Å². The number of nitrogens with zero attached hydrogens (tertiary/aromatic N) is 2. The molecule has 0 radical (unpaired) electrons. The SMILES string of the molecule is COC(C(=O)N(Cc1ccnc(C(C)C)c1)C1C=CS(=O)C1)c1ccc(-c2ccc(F)cc2)cc1F. The fourth-order valence-corrected chi connectivity index (χ4v) is 5.28. The lowest BCUT2D eigenvalue weighted by atomic mass is 10.00. The Kier molecular flexibility index (Phi) is 8.06. The molecule has 4 rings (SSSR count). The van der Waals surface area contributed by atoms with Crippen molar-refractivity contribution in [1.29, 1.82) is 0 Å². The van der Waals surface area contributed by atoms with Crippen molar-refractivity contribution in [3.63, 3.8) is 0 Å². The summed E-state index contributed by atoms with van der Waals surface area (Å²) in [6.07, 6.45) is 2.26. The topological polar surface area (TPSA) is 59.5 Å². The van der Waals surface area contributed by atoms with E-state index in [2.05, 4.69) is 4.98 Å². The number of benzene rings is 2. The Morgan fingerprint density at radius 2 is 1.83 bits per heavy atom. The summed E-state index contributed by atoms with van der Waals surface area (Å²) in [6.45, 7) is 4.32. The van der Waals surface area contributed by atoms with Gasteiger partial charge in [-0.1, -0.05) is 44.2 Å². The first-order valence-electron chi connectivity index (χ1n) is 11.7. The zero-order valence-corrected chi connectivity index (χ0v) is 21.2. The quantitative estimate of drug-likeness (QED) is 0.401. The molecule has 0 aliphatic carbocycles. The number of ether oxygens (including phenoxy) is 1. The Balaban J connectivity index is 1.65. The van der Waals surface area contributed by atoms with Crippen LogP contribution in [0.1, 0.15) is 42.7 Å². The van der Waals surface area contributed by atoms with Crippen molar-refractivity contribution in [3.05, 3.63) is 101 Å². The summed E-state index contributed by atoms with van der Waals surface area (Å²) in [6, 6.07) is 13.6. The van der Waals surface area contributed by atoms with E-state index in [0.29, 0.717) is 11.1 Å². The molecule has 0 fully saturated rings. The molecule has 3 atom stereocenters. The van der Waals surface area contributed by atoms with Gasteiger partial charge in [0, 0.05) is 47.3 Å². The van der Waals surface area contributed by atoms with Gasteiger partial charge in [0.05, 0.1) is 11.8 Å². The fraction of sp³-hybridized carbons (Fsp3) is 0.286. The molecule has 2 aromatic carbocycles. The highest BCUT2D eigenvalue weighted by molar-refractivity contribution is 7.88. The second-order valence-electron chi connectivity index (χ2n) is 9.01. The highest BCUT2D eigenvalue weighted by atomic mass is 32.2. The van der Waals surface area contributed by atoms with Crippen LogP contribution in [0, 0.1) is 11.6 Å². The summed E-state index contributed by atoms with van der Waals surface area (Å²) < 4.78 is 46.2. The molecule has 0 spiro atoms. The first-order valence-corrected chi connectivity index (χ1v) is 13.0. The van der Waals surface area contributed by atoms with Gasteiger partial charge in [-0.3, -0.25) is 14.0 Å². The summed E-state index contributed by atoms with van der Waals surface area (Å²) in [5, 5.41) is 1.58. The Bertz CT molecular complexity index is 1290. The molecule has 1 aliphatic rings. The van der Waals surface area contributed by atoms with Crippen LogP contribution in [0.3, 0.4) is 0 Å². The maximum atomic E-state index is 15.3. The normalized spacial score (nSPS) is 17.9. The van der Waals surface area contributed by atoms with Gasteiger partial charge in [-0.25, -0.2) is 8.78 Å². The molecule has 188 valence electrons. The fourth-order valence-electron chi connectivity index (χ4n) is 4.19. The number of hydrogen-bond donors (Lipinski definition) is 0. The average molecular weight is 511 g/mol. The zero-order chi connectivity index (χ0) is 25.8. The van der Waals surface area contributed by atoms with E-state index in [9.17, 15) is 13.4 Å². The van der Waals surface area contributed by atoms with Crippen LogP contribution in [0.25, 0.3) is 11.1 Å². The first kappa shape index (κ1) is 25.9. The molecule has 2 heterocycles. The van der Waals surface area contributed by atoms with Crippen molar-refractivity contribution in [1.82, 2.24) is 9.88 Å². The number of methoxy groups -OCH3 is 1. The van der Waals surface area contributed by atoms with Gasteiger partial charge in [0.15, 0.2) is 6.10 Å². The van der Waals surface area contributed by atoms with Crippen LogP contribution in [-0.2, 0) is 26.9 Å². The molecule has 0 saturated carbocycles. The summed E-state index contributed by atoms with van der Waals surface area (Å²) >= 11 is 0. The number of aromatic nitrogens is 1. The Hall–Kier alpha value is -3.23. The highest BCUT2D eigenvalue weighted by Gasteiger charge is 2.34. The number of halogens is 2. The molecule has 3 aromatic rings. The standard InChI is InChI=1S/C28H28F2N2O3S/c1-18(2)26-14-19(10-12-31-26)16-32(23-11-13-36(34)17-23)28(33)27(35-3)24-9-6-21(15-25(24)30)20-4-7-22(29)8-5-20/h4-15,18,23,27H,16-17H2,1-3H3. The van der Waals surface area contributed by atoms with Gasteiger partial charge < -0.3 is 9.64 Å². The molecule has 0 saturated heterocycles. The number of rotatable bonds is 8. The van der Waals surface area contributed by atoms with Crippen LogP contribution in [0.5, 0.6) is 0 Å². The van der Waals surface area contributed by atoms with Gasteiger partial charge >= 0.3 is 0 Å². The molecule has 1 amide bonds. The lowest BCUT2D eigenvalue weighted by Crippen LogP contribution is -2.43. The molecular weight excluding hydrogens is 482 g/mol. The van der Waals surface area contributed by atoms with Gasteiger partial charge in [0.2, 0.25) is 0 Å². The van der Waals surface area contributed by atoms with Crippen LogP contribution in [0.4, 0.5) is 8.78 Å². The molecule has 1 aliphatic heterocycles. The predicted octanol–water partition coefficient (Wildman–Crippen LogP) is 5.51. The Morgan fingerprint density at radius 1 is 1.11 bits per heavy atom. The first-order chi connectivity index (χ1) is 17.3. The van der Waals surface area contributed by atoms with Crippen LogP contribution >= 0.6 is 0 Å². The Morgan fingerprint density at radius 3 is 2.44 bits per heavy atom. The second-order valence-corrected chi connectivity index (χ2v) is 10.4. The van der Waals surface area contributed by atoms with E-state index in [1.807, 2.05) is 26.0 Å². The third kappa shape index (κ3) is 5.77. The van der Waals surface area contributed by atoms with Crippen molar-refractivity contribution >= 4 is 16.7 Å². The van der Waals surface area contributed by atoms with Crippen molar-refractivity contribution in [2.75, 3.05) is 12.9 Å².